The first-order valence-corrected chi connectivity index (χ1v) is 10.8. The van der Waals surface area contributed by atoms with Gasteiger partial charge in [0.25, 0.3) is 0 Å². The van der Waals surface area contributed by atoms with Crippen LogP contribution in [0.2, 0.25) is 0 Å². The summed E-state index contributed by atoms with van der Waals surface area (Å²) in [7, 11) is 1.18. The summed E-state index contributed by atoms with van der Waals surface area (Å²) >= 11 is 0. The molecule has 12 heteroatoms. The number of nitrogens with one attached hydrogen (secondary N) is 1. The Morgan fingerprint density at radius 1 is 1.23 bits per heavy atom. The highest BCUT2D eigenvalue weighted by molar-refractivity contribution is 6.05. The highest BCUT2D eigenvalue weighted by Gasteiger charge is 2.27. The molecule has 1 heterocycles. The number of carboxylic acid groups (broad SMARTS) is 1. The number of aliphatic carboxylic acids is 1. The van der Waals surface area contributed by atoms with E-state index in [0.29, 0.717) is 17.7 Å². The molecule has 35 heavy (non-hydrogen) atoms. The molecule has 2 unspecified atom stereocenters. The lowest BCUT2D eigenvalue weighted by Gasteiger charge is -2.17. The summed E-state index contributed by atoms with van der Waals surface area (Å²) in [4.78, 5) is 55.7. The fraction of sp³-hybridized carbons (Fsp3) is 0.478. The van der Waals surface area contributed by atoms with Crippen molar-refractivity contribution >= 4 is 35.5 Å². The predicted molar refractivity (Wildman–Crippen MR) is 125 cm³/mol. The minimum Gasteiger partial charge on any atom is -0.481 e. The van der Waals surface area contributed by atoms with Crippen LogP contribution in [0.3, 0.4) is 0 Å². The number of nitrogens with zero attached hydrogens (tertiary/aromatic N) is 2. The number of methoxy groups -OCH3 is 1. The van der Waals surface area contributed by atoms with E-state index in [1.54, 1.807) is 45.0 Å². The van der Waals surface area contributed by atoms with Crippen LogP contribution in [0, 0.1) is 0 Å². The Labute approximate surface area is 202 Å². The van der Waals surface area contributed by atoms with E-state index in [9.17, 15) is 19.2 Å². The molecule has 0 aromatic heterocycles. The van der Waals surface area contributed by atoms with Gasteiger partial charge in [-0.1, -0.05) is 29.4 Å². The number of amidine groups is 1. The van der Waals surface area contributed by atoms with Crippen LogP contribution in [0.15, 0.2) is 34.4 Å². The monoisotopic (exact) mass is 490 g/mol. The second kappa shape index (κ2) is 12.0. The molecular weight excluding hydrogens is 460 g/mol. The molecular formula is C23H30N4O8. The van der Waals surface area contributed by atoms with Crippen molar-refractivity contribution in [3.63, 3.8) is 0 Å². The fourth-order valence-corrected chi connectivity index (χ4v) is 3.15. The molecule has 1 aromatic rings. The van der Waals surface area contributed by atoms with E-state index < -0.39 is 48.1 Å². The predicted octanol–water partition coefficient (Wildman–Crippen LogP) is 1.73. The third-order valence-corrected chi connectivity index (χ3v) is 4.69. The second-order valence-electron chi connectivity index (χ2n) is 8.87. The Balaban J connectivity index is 1.92. The third-order valence-electron chi connectivity index (χ3n) is 4.69. The first-order chi connectivity index (χ1) is 16.4. The number of benzene rings is 1. The molecule has 2 amide bonds. The maximum atomic E-state index is 12.3. The average Bonchev–Trinajstić information content (AvgIpc) is 3.19. The number of amides is 2. The number of ether oxygens (including phenoxy) is 2. The van der Waals surface area contributed by atoms with Crippen LogP contribution < -0.4 is 11.1 Å². The second-order valence-corrected chi connectivity index (χ2v) is 8.87. The van der Waals surface area contributed by atoms with Gasteiger partial charge in [-0.15, -0.1) is 0 Å². The van der Waals surface area contributed by atoms with Gasteiger partial charge in [-0.3, -0.25) is 14.4 Å². The van der Waals surface area contributed by atoms with E-state index in [2.05, 4.69) is 20.2 Å². The highest BCUT2D eigenvalue weighted by Crippen LogP contribution is 2.20. The molecule has 0 bridgehead atoms. The number of carboxylic acids is 1. The summed E-state index contributed by atoms with van der Waals surface area (Å²) in [6, 6.07) is 5.91. The molecule has 4 N–H and O–H groups in total. The molecule has 0 saturated carbocycles. The zero-order valence-corrected chi connectivity index (χ0v) is 20.1. The van der Waals surface area contributed by atoms with Gasteiger partial charge in [-0.2, -0.15) is 4.99 Å². The van der Waals surface area contributed by atoms with E-state index in [0.717, 1.165) is 5.56 Å². The van der Waals surface area contributed by atoms with Gasteiger partial charge in [-0.05, 0) is 26.3 Å². The number of carbonyl (C=O) groups excluding carboxylic acids is 3. The van der Waals surface area contributed by atoms with Gasteiger partial charge in [0.2, 0.25) is 5.91 Å². The minimum atomic E-state index is -1.15. The molecule has 1 aliphatic rings. The maximum Gasteiger partial charge on any atom is 0.436 e. The van der Waals surface area contributed by atoms with Gasteiger partial charge < -0.3 is 30.5 Å². The van der Waals surface area contributed by atoms with E-state index >= 15 is 0 Å². The van der Waals surface area contributed by atoms with Crippen LogP contribution in [0.1, 0.15) is 57.6 Å². The molecule has 0 aliphatic carbocycles. The first-order valence-electron chi connectivity index (χ1n) is 10.8. The Hall–Kier alpha value is -3.96. The van der Waals surface area contributed by atoms with Crippen molar-refractivity contribution in [2.45, 2.75) is 64.2 Å². The fourth-order valence-electron chi connectivity index (χ4n) is 3.15. The number of aliphatic imine (C=N–C) groups is 1. The lowest BCUT2D eigenvalue weighted by molar-refractivity contribution is -0.142. The average molecular weight is 491 g/mol. The Morgan fingerprint density at radius 3 is 2.46 bits per heavy atom. The van der Waals surface area contributed by atoms with Crippen LogP contribution >= 0.6 is 0 Å². The van der Waals surface area contributed by atoms with Crippen LogP contribution in [0.5, 0.6) is 0 Å². The standard InChI is InChI=1S/C23H30N4O8/c1-23(2,3)34-22(32)26-21(24)14-7-5-13(6-8-14)17-11-16(35-27-17)12-18(28)25-15(9-19(29)30)10-20(31)33-4/h5-8,15-16H,9-12H2,1-4H3,(H,25,28)(H,29,30)(H2,24,26,32). The number of esters is 1. The molecule has 2 atom stereocenters. The highest BCUT2D eigenvalue weighted by atomic mass is 16.6. The van der Waals surface area contributed by atoms with Gasteiger partial charge in [0.1, 0.15) is 17.5 Å². The third kappa shape index (κ3) is 9.43. The van der Waals surface area contributed by atoms with Crippen LogP contribution in [-0.4, -0.2) is 65.4 Å². The summed E-state index contributed by atoms with van der Waals surface area (Å²) in [6.07, 6.45) is -1.74. The summed E-state index contributed by atoms with van der Waals surface area (Å²) < 4.78 is 9.66. The molecule has 1 aliphatic heterocycles. The minimum absolute atomic E-state index is 0.00725. The van der Waals surface area contributed by atoms with Crippen molar-refractivity contribution < 1.29 is 38.6 Å². The van der Waals surface area contributed by atoms with Crippen molar-refractivity contribution in [1.82, 2.24) is 5.32 Å². The van der Waals surface area contributed by atoms with Gasteiger partial charge in [-0.25, -0.2) is 4.79 Å². The summed E-state index contributed by atoms with van der Waals surface area (Å²) in [5.41, 5.74) is 7.06. The number of hydrogen-bond donors (Lipinski definition) is 3. The lowest BCUT2D eigenvalue weighted by Crippen LogP contribution is -2.39. The first kappa shape index (κ1) is 27.3. The molecule has 0 radical (unpaired) electrons. The Kier molecular flexibility index (Phi) is 9.32. The van der Waals surface area contributed by atoms with Crippen LogP contribution in [0.25, 0.3) is 0 Å². The summed E-state index contributed by atoms with van der Waals surface area (Å²) in [6.45, 7) is 5.18. The van der Waals surface area contributed by atoms with Gasteiger partial charge in [0.15, 0.2) is 0 Å². The van der Waals surface area contributed by atoms with Crippen molar-refractivity contribution in [3.8, 4) is 0 Å². The normalized spacial score (nSPS) is 16.5. The number of hydrogen-bond acceptors (Lipinski definition) is 8. The molecule has 0 saturated heterocycles. The van der Waals surface area contributed by atoms with Crippen molar-refractivity contribution in [3.05, 3.63) is 35.4 Å². The maximum absolute atomic E-state index is 12.3. The Morgan fingerprint density at radius 2 is 1.89 bits per heavy atom. The van der Waals surface area contributed by atoms with E-state index in [1.807, 2.05) is 0 Å². The summed E-state index contributed by atoms with van der Waals surface area (Å²) in [5, 5.41) is 15.5. The van der Waals surface area contributed by atoms with Crippen molar-refractivity contribution in [1.29, 1.82) is 0 Å². The molecule has 0 spiro atoms. The molecule has 1 aromatic carbocycles. The zero-order valence-electron chi connectivity index (χ0n) is 20.1. The number of carbonyl (C=O) groups is 4. The quantitative estimate of drug-likeness (QED) is 0.264. The SMILES string of the molecule is COC(=O)CC(CC(=O)O)NC(=O)CC1CC(c2ccc(/C(N)=N/C(=O)OC(C)(C)C)cc2)=NO1. The number of oxime groups is 1. The van der Waals surface area contributed by atoms with Crippen LogP contribution in [0.4, 0.5) is 4.79 Å². The molecule has 2 rings (SSSR count). The Bertz CT molecular complexity index is 1010. The topological polar surface area (TPSA) is 179 Å². The van der Waals surface area contributed by atoms with E-state index in [-0.39, 0.29) is 18.7 Å². The van der Waals surface area contributed by atoms with Gasteiger partial charge in [0.05, 0.1) is 32.1 Å². The smallest absolute Gasteiger partial charge is 0.436 e. The van der Waals surface area contributed by atoms with Crippen LogP contribution in [-0.2, 0) is 28.7 Å². The van der Waals surface area contributed by atoms with E-state index in [1.165, 1.54) is 7.11 Å². The van der Waals surface area contributed by atoms with Crippen molar-refractivity contribution in [2.24, 2.45) is 15.9 Å². The van der Waals surface area contributed by atoms with Gasteiger partial charge in [0, 0.05) is 18.0 Å². The number of nitrogens with two attached hydrogens (primary N) is 1. The zero-order chi connectivity index (χ0) is 26.2. The molecule has 12 nitrogen and oxygen atoms in total. The number of rotatable bonds is 9. The molecule has 190 valence electrons. The largest absolute Gasteiger partial charge is 0.481 e. The molecule has 0 fully saturated rings. The van der Waals surface area contributed by atoms with Crippen molar-refractivity contribution in [2.75, 3.05) is 7.11 Å². The summed E-state index contributed by atoms with van der Waals surface area (Å²) in [5.74, 6) is -2.24. The van der Waals surface area contributed by atoms with Gasteiger partial charge >= 0.3 is 18.0 Å². The van der Waals surface area contributed by atoms with E-state index in [4.69, 9.17) is 20.4 Å². The lowest BCUT2D eigenvalue weighted by atomic mass is 10.0.